The van der Waals surface area contributed by atoms with E-state index in [0.717, 1.165) is 43.4 Å². The average molecular weight is 527 g/mol. The lowest BCUT2D eigenvalue weighted by Crippen LogP contribution is -2.18. The molecular formula is C19H21Br2N5OS. The maximum absolute atomic E-state index is 5.97. The Morgan fingerprint density at radius 2 is 1.96 bits per heavy atom. The van der Waals surface area contributed by atoms with Crippen LogP contribution in [-0.2, 0) is 6.54 Å². The highest BCUT2D eigenvalue weighted by Gasteiger charge is 2.12. The van der Waals surface area contributed by atoms with Crippen LogP contribution >= 0.6 is 43.6 Å². The lowest BCUT2D eigenvalue weighted by molar-refractivity contribution is 0.238. The van der Waals surface area contributed by atoms with E-state index in [9.17, 15) is 0 Å². The summed E-state index contributed by atoms with van der Waals surface area (Å²) in [7, 11) is 0. The first-order chi connectivity index (χ1) is 13.5. The number of thioether (sulfide) groups is 1. The lowest BCUT2D eigenvalue weighted by atomic mass is 10.2. The standard InChI is InChI=1S/C19H21Br2N5OS/c1-13(2)27-18-14(10-15(20)11-17(18)21)12-22-8-9-28-19-23-24-25-26(19)16-6-4-3-5-7-16/h3-7,10-11,13,22H,8-9,12H2,1-2H3. The quantitative estimate of drug-likeness (QED) is 0.317. The molecule has 0 atom stereocenters. The summed E-state index contributed by atoms with van der Waals surface area (Å²) in [4.78, 5) is 0. The maximum atomic E-state index is 5.97. The molecule has 0 aliphatic heterocycles. The molecule has 0 saturated heterocycles. The van der Waals surface area contributed by atoms with Crippen molar-refractivity contribution in [2.45, 2.75) is 31.7 Å². The van der Waals surface area contributed by atoms with Crippen LogP contribution in [0.5, 0.6) is 5.75 Å². The van der Waals surface area contributed by atoms with Crippen LogP contribution in [0, 0.1) is 0 Å². The van der Waals surface area contributed by atoms with Crippen molar-refractivity contribution in [1.29, 1.82) is 0 Å². The average Bonchev–Trinajstić information content (AvgIpc) is 3.13. The summed E-state index contributed by atoms with van der Waals surface area (Å²) in [6, 6.07) is 14.0. The molecule has 28 heavy (non-hydrogen) atoms. The van der Waals surface area contributed by atoms with Gasteiger partial charge in [-0.15, -0.1) is 5.10 Å². The molecule has 9 heteroatoms. The molecule has 3 aromatic rings. The summed E-state index contributed by atoms with van der Waals surface area (Å²) in [6.45, 7) is 5.58. The molecule has 0 saturated carbocycles. The number of hydrogen-bond donors (Lipinski definition) is 1. The number of hydrogen-bond acceptors (Lipinski definition) is 6. The van der Waals surface area contributed by atoms with Crippen molar-refractivity contribution in [3.63, 3.8) is 0 Å². The van der Waals surface area contributed by atoms with E-state index in [4.69, 9.17) is 4.74 Å². The van der Waals surface area contributed by atoms with Crippen LogP contribution in [0.15, 0.2) is 56.6 Å². The molecule has 0 fully saturated rings. The normalized spacial score (nSPS) is 11.2. The zero-order valence-corrected chi connectivity index (χ0v) is 19.6. The minimum absolute atomic E-state index is 0.114. The van der Waals surface area contributed by atoms with Crippen LogP contribution in [0.2, 0.25) is 0 Å². The summed E-state index contributed by atoms with van der Waals surface area (Å²) in [6.07, 6.45) is 0.114. The topological polar surface area (TPSA) is 64.9 Å². The van der Waals surface area contributed by atoms with E-state index in [2.05, 4.69) is 58.8 Å². The molecule has 148 valence electrons. The number of para-hydroxylation sites is 1. The van der Waals surface area contributed by atoms with Crippen molar-refractivity contribution in [3.8, 4) is 11.4 Å². The monoisotopic (exact) mass is 525 g/mol. The minimum atomic E-state index is 0.114. The second-order valence-electron chi connectivity index (χ2n) is 6.28. The molecule has 6 nitrogen and oxygen atoms in total. The van der Waals surface area contributed by atoms with Crippen LogP contribution < -0.4 is 10.1 Å². The molecule has 0 radical (unpaired) electrons. The van der Waals surface area contributed by atoms with Gasteiger partial charge in [-0.05, 0) is 64.5 Å². The number of nitrogens with one attached hydrogen (secondary N) is 1. The summed E-state index contributed by atoms with van der Waals surface area (Å²) in [5, 5.41) is 16.3. The summed E-state index contributed by atoms with van der Waals surface area (Å²) in [5.74, 6) is 1.73. The molecule has 0 bridgehead atoms. The predicted molar refractivity (Wildman–Crippen MR) is 119 cm³/mol. The molecular weight excluding hydrogens is 506 g/mol. The Labute approximate surface area is 185 Å². The highest BCUT2D eigenvalue weighted by molar-refractivity contribution is 9.11. The van der Waals surface area contributed by atoms with Gasteiger partial charge >= 0.3 is 0 Å². The molecule has 2 aromatic carbocycles. The zero-order chi connectivity index (χ0) is 19.9. The predicted octanol–water partition coefficient (Wildman–Crippen LogP) is 4.86. The number of benzene rings is 2. The van der Waals surface area contributed by atoms with Crippen LogP contribution in [-0.4, -0.2) is 38.6 Å². The zero-order valence-electron chi connectivity index (χ0n) is 15.6. The van der Waals surface area contributed by atoms with Gasteiger partial charge in [0.2, 0.25) is 5.16 Å². The van der Waals surface area contributed by atoms with Crippen molar-refractivity contribution in [2.24, 2.45) is 0 Å². The van der Waals surface area contributed by atoms with Gasteiger partial charge in [-0.1, -0.05) is 45.9 Å². The minimum Gasteiger partial charge on any atom is -0.489 e. The fourth-order valence-corrected chi connectivity index (χ4v) is 4.74. The van der Waals surface area contributed by atoms with Crippen molar-refractivity contribution in [1.82, 2.24) is 25.5 Å². The molecule has 1 aromatic heterocycles. The van der Waals surface area contributed by atoms with Crippen molar-refractivity contribution < 1.29 is 4.74 Å². The second-order valence-corrected chi connectivity index (χ2v) is 9.11. The first-order valence-electron chi connectivity index (χ1n) is 8.86. The van der Waals surface area contributed by atoms with E-state index in [0.29, 0.717) is 6.54 Å². The van der Waals surface area contributed by atoms with Gasteiger partial charge in [0.1, 0.15) is 5.75 Å². The van der Waals surface area contributed by atoms with E-state index in [1.165, 1.54) is 0 Å². The Morgan fingerprint density at radius 1 is 1.18 bits per heavy atom. The number of aromatic nitrogens is 4. The third-order valence-electron chi connectivity index (χ3n) is 3.71. The molecule has 3 rings (SSSR count). The van der Waals surface area contributed by atoms with Gasteiger partial charge in [0.05, 0.1) is 16.3 Å². The maximum Gasteiger partial charge on any atom is 0.214 e. The second kappa shape index (κ2) is 10.4. The van der Waals surface area contributed by atoms with Crippen molar-refractivity contribution in [2.75, 3.05) is 12.3 Å². The van der Waals surface area contributed by atoms with Crippen LogP contribution in [0.25, 0.3) is 5.69 Å². The highest BCUT2D eigenvalue weighted by atomic mass is 79.9. The smallest absolute Gasteiger partial charge is 0.214 e. The van der Waals surface area contributed by atoms with Gasteiger partial charge in [0.15, 0.2) is 0 Å². The van der Waals surface area contributed by atoms with E-state index < -0.39 is 0 Å². The number of nitrogens with zero attached hydrogens (tertiary/aromatic N) is 4. The molecule has 1 N–H and O–H groups in total. The van der Waals surface area contributed by atoms with E-state index in [1.54, 1.807) is 16.4 Å². The third kappa shape index (κ3) is 5.79. The fourth-order valence-electron chi connectivity index (χ4n) is 2.55. The lowest BCUT2D eigenvalue weighted by Gasteiger charge is -2.17. The van der Waals surface area contributed by atoms with Gasteiger partial charge in [-0.3, -0.25) is 0 Å². The molecule has 1 heterocycles. The first-order valence-corrected chi connectivity index (χ1v) is 11.4. The third-order valence-corrected chi connectivity index (χ3v) is 5.67. The van der Waals surface area contributed by atoms with Gasteiger partial charge in [0, 0.05) is 28.9 Å². The molecule has 0 aliphatic carbocycles. The summed E-state index contributed by atoms with van der Waals surface area (Å²) in [5.41, 5.74) is 2.06. The number of halogens is 2. The van der Waals surface area contributed by atoms with Crippen molar-refractivity contribution >= 4 is 43.6 Å². The van der Waals surface area contributed by atoms with Crippen LogP contribution in [0.3, 0.4) is 0 Å². The SMILES string of the molecule is CC(C)Oc1c(Br)cc(Br)cc1CNCCSc1nnnn1-c1ccccc1. The van der Waals surface area contributed by atoms with E-state index in [-0.39, 0.29) is 6.10 Å². The Kier molecular flexibility index (Phi) is 7.90. The Bertz CT molecular complexity index is 905. The van der Waals surface area contributed by atoms with E-state index in [1.807, 2.05) is 50.2 Å². The van der Waals surface area contributed by atoms with Gasteiger partial charge in [-0.2, -0.15) is 4.68 Å². The number of rotatable bonds is 9. The summed E-state index contributed by atoms with van der Waals surface area (Å²) < 4.78 is 9.69. The number of tetrazole rings is 1. The van der Waals surface area contributed by atoms with Gasteiger partial charge in [-0.25, -0.2) is 0 Å². The molecule has 0 unspecified atom stereocenters. The van der Waals surface area contributed by atoms with Gasteiger partial charge < -0.3 is 10.1 Å². The van der Waals surface area contributed by atoms with Gasteiger partial charge in [0.25, 0.3) is 0 Å². The fraction of sp³-hybridized carbons (Fsp3) is 0.316. The van der Waals surface area contributed by atoms with Crippen molar-refractivity contribution in [3.05, 3.63) is 57.0 Å². The van der Waals surface area contributed by atoms with Crippen LogP contribution in [0.1, 0.15) is 19.4 Å². The number of ether oxygens (including phenoxy) is 1. The Morgan fingerprint density at radius 3 is 2.71 bits per heavy atom. The molecule has 0 amide bonds. The first kappa shape index (κ1) is 21.3. The molecule has 0 aliphatic rings. The van der Waals surface area contributed by atoms with E-state index >= 15 is 0 Å². The highest BCUT2D eigenvalue weighted by Crippen LogP contribution is 2.33. The Hall–Kier alpha value is -1.42. The Balaban J connectivity index is 1.54. The molecule has 0 spiro atoms. The largest absolute Gasteiger partial charge is 0.489 e. The summed E-state index contributed by atoms with van der Waals surface area (Å²) >= 11 is 8.76. The van der Waals surface area contributed by atoms with Crippen LogP contribution in [0.4, 0.5) is 0 Å².